The molecule has 0 aromatic rings. The fraction of sp³-hybridized carbons (Fsp3) is 0.889. The van der Waals surface area contributed by atoms with Crippen molar-refractivity contribution < 1.29 is 0 Å². The SMILES string of the molecule is CCCN=C(NN)NC1(C)CCC1. The summed E-state index contributed by atoms with van der Waals surface area (Å²) in [6, 6.07) is 0. The number of aliphatic imine (C=N–C) groups is 1. The largest absolute Gasteiger partial charge is 0.350 e. The molecule has 4 heteroatoms. The topological polar surface area (TPSA) is 62.4 Å². The van der Waals surface area contributed by atoms with Crippen molar-refractivity contribution in [1.29, 1.82) is 0 Å². The van der Waals surface area contributed by atoms with Crippen LogP contribution in [0.4, 0.5) is 0 Å². The van der Waals surface area contributed by atoms with Gasteiger partial charge in [-0.3, -0.25) is 10.4 Å². The summed E-state index contributed by atoms with van der Waals surface area (Å²) in [5.41, 5.74) is 2.82. The van der Waals surface area contributed by atoms with Crippen LogP contribution in [0, 0.1) is 0 Å². The molecule has 0 aromatic carbocycles. The second-order valence-corrected chi connectivity index (χ2v) is 3.91. The van der Waals surface area contributed by atoms with E-state index in [1.165, 1.54) is 19.3 Å². The quantitative estimate of drug-likeness (QED) is 0.262. The first-order valence-corrected chi connectivity index (χ1v) is 4.99. The number of rotatable bonds is 3. The van der Waals surface area contributed by atoms with Crippen molar-refractivity contribution in [2.24, 2.45) is 10.8 Å². The van der Waals surface area contributed by atoms with E-state index >= 15 is 0 Å². The number of nitrogens with one attached hydrogen (secondary N) is 2. The molecule has 0 spiro atoms. The summed E-state index contributed by atoms with van der Waals surface area (Å²) >= 11 is 0. The van der Waals surface area contributed by atoms with Crippen LogP contribution in [0.5, 0.6) is 0 Å². The first kappa shape index (κ1) is 10.3. The fourth-order valence-electron chi connectivity index (χ4n) is 1.46. The number of guanidine groups is 1. The molecule has 1 aliphatic rings. The molecule has 1 aliphatic carbocycles. The predicted molar refractivity (Wildman–Crippen MR) is 55.3 cm³/mol. The lowest BCUT2D eigenvalue weighted by molar-refractivity contribution is 0.241. The van der Waals surface area contributed by atoms with E-state index in [4.69, 9.17) is 5.84 Å². The zero-order valence-electron chi connectivity index (χ0n) is 8.56. The molecule has 4 N–H and O–H groups in total. The van der Waals surface area contributed by atoms with Gasteiger partial charge >= 0.3 is 0 Å². The molecule has 1 saturated carbocycles. The van der Waals surface area contributed by atoms with Crippen LogP contribution in [0.3, 0.4) is 0 Å². The first-order chi connectivity index (χ1) is 6.20. The van der Waals surface area contributed by atoms with Crippen LogP contribution < -0.4 is 16.6 Å². The van der Waals surface area contributed by atoms with Crippen molar-refractivity contribution in [2.45, 2.75) is 45.1 Å². The van der Waals surface area contributed by atoms with E-state index in [0.29, 0.717) is 0 Å². The normalized spacial score (nSPS) is 20.7. The maximum Gasteiger partial charge on any atom is 0.206 e. The molecule has 0 bridgehead atoms. The van der Waals surface area contributed by atoms with Crippen LogP contribution in [0.15, 0.2) is 4.99 Å². The zero-order valence-corrected chi connectivity index (χ0v) is 8.56. The van der Waals surface area contributed by atoms with Gasteiger partial charge in [-0.05, 0) is 32.6 Å². The molecule has 76 valence electrons. The van der Waals surface area contributed by atoms with Crippen molar-refractivity contribution in [2.75, 3.05) is 6.54 Å². The lowest BCUT2D eigenvalue weighted by Gasteiger charge is -2.39. The maximum atomic E-state index is 5.36. The molecule has 0 atom stereocenters. The number of hydrogen-bond donors (Lipinski definition) is 3. The van der Waals surface area contributed by atoms with Crippen LogP contribution in [0.25, 0.3) is 0 Å². The zero-order chi connectivity index (χ0) is 9.73. The van der Waals surface area contributed by atoms with Gasteiger partial charge < -0.3 is 5.32 Å². The summed E-state index contributed by atoms with van der Waals surface area (Å²) < 4.78 is 0. The Labute approximate surface area is 80.0 Å². The molecular weight excluding hydrogens is 164 g/mol. The van der Waals surface area contributed by atoms with Gasteiger partial charge in [-0.25, -0.2) is 5.84 Å². The molecule has 4 nitrogen and oxygen atoms in total. The van der Waals surface area contributed by atoms with Gasteiger partial charge in [-0.2, -0.15) is 0 Å². The minimum Gasteiger partial charge on any atom is -0.350 e. The van der Waals surface area contributed by atoms with E-state index in [-0.39, 0.29) is 5.54 Å². The molecule has 0 radical (unpaired) electrons. The molecule has 0 amide bonds. The number of hydrazine groups is 1. The third kappa shape index (κ3) is 2.88. The highest BCUT2D eigenvalue weighted by Gasteiger charge is 2.32. The smallest absolute Gasteiger partial charge is 0.206 e. The molecule has 0 unspecified atom stereocenters. The van der Waals surface area contributed by atoms with E-state index in [2.05, 4.69) is 29.6 Å². The lowest BCUT2D eigenvalue weighted by Crippen LogP contribution is -2.56. The van der Waals surface area contributed by atoms with E-state index in [1.807, 2.05) is 0 Å². The third-order valence-corrected chi connectivity index (χ3v) is 2.51. The lowest BCUT2D eigenvalue weighted by atomic mass is 9.79. The Hall–Kier alpha value is -0.770. The summed E-state index contributed by atoms with van der Waals surface area (Å²) in [7, 11) is 0. The molecular formula is C9H20N4. The fourth-order valence-corrected chi connectivity index (χ4v) is 1.46. The van der Waals surface area contributed by atoms with E-state index < -0.39 is 0 Å². The Morgan fingerprint density at radius 2 is 2.23 bits per heavy atom. The van der Waals surface area contributed by atoms with E-state index in [0.717, 1.165) is 18.9 Å². The van der Waals surface area contributed by atoms with Crippen LogP contribution >= 0.6 is 0 Å². The summed E-state index contributed by atoms with van der Waals surface area (Å²) in [6.45, 7) is 5.13. The van der Waals surface area contributed by atoms with Crippen LogP contribution in [-0.4, -0.2) is 18.0 Å². The second-order valence-electron chi connectivity index (χ2n) is 3.91. The minimum absolute atomic E-state index is 0.221. The van der Waals surface area contributed by atoms with Gasteiger partial charge in [-0.1, -0.05) is 6.92 Å². The van der Waals surface area contributed by atoms with Gasteiger partial charge in [0.1, 0.15) is 0 Å². The second kappa shape index (κ2) is 4.46. The van der Waals surface area contributed by atoms with Gasteiger partial charge in [0, 0.05) is 12.1 Å². The molecule has 13 heavy (non-hydrogen) atoms. The van der Waals surface area contributed by atoms with Crippen molar-refractivity contribution >= 4 is 5.96 Å². The van der Waals surface area contributed by atoms with Crippen molar-refractivity contribution in [3.8, 4) is 0 Å². The predicted octanol–water partition coefficient (Wildman–Crippen LogP) is 0.748. The Balaban J connectivity index is 2.38. The van der Waals surface area contributed by atoms with Crippen LogP contribution in [0.1, 0.15) is 39.5 Å². The number of nitrogens with zero attached hydrogens (tertiary/aromatic N) is 1. The first-order valence-electron chi connectivity index (χ1n) is 4.99. The van der Waals surface area contributed by atoms with Gasteiger partial charge in [0.15, 0.2) is 0 Å². The molecule has 0 aromatic heterocycles. The molecule has 1 fully saturated rings. The Morgan fingerprint density at radius 3 is 2.62 bits per heavy atom. The Bertz CT molecular complexity index is 184. The summed E-state index contributed by atoms with van der Waals surface area (Å²) in [5.74, 6) is 6.08. The average Bonchev–Trinajstić information content (AvgIpc) is 2.09. The Kier molecular flexibility index (Phi) is 3.54. The molecule has 1 rings (SSSR count). The number of nitrogens with two attached hydrogens (primary N) is 1. The van der Waals surface area contributed by atoms with E-state index in [9.17, 15) is 0 Å². The average molecular weight is 184 g/mol. The highest BCUT2D eigenvalue weighted by atomic mass is 15.3. The van der Waals surface area contributed by atoms with Crippen molar-refractivity contribution in [3.05, 3.63) is 0 Å². The summed E-state index contributed by atoms with van der Waals surface area (Å²) in [6.07, 6.45) is 4.76. The summed E-state index contributed by atoms with van der Waals surface area (Å²) in [5, 5.41) is 3.33. The molecule has 0 aliphatic heterocycles. The van der Waals surface area contributed by atoms with Gasteiger partial charge in [0.05, 0.1) is 0 Å². The van der Waals surface area contributed by atoms with Crippen molar-refractivity contribution in [1.82, 2.24) is 10.7 Å². The summed E-state index contributed by atoms with van der Waals surface area (Å²) in [4.78, 5) is 4.30. The Morgan fingerprint density at radius 1 is 1.54 bits per heavy atom. The maximum absolute atomic E-state index is 5.36. The van der Waals surface area contributed by atoms with E-state index in [1.54, 1.807) is 0 Å². The monoisotopic (exact) mass is 184 g/mol. The molecule has 0 saturated heterocycles. The van der Waals surface area contributed by atoms with Gasteiger partial charge in [0.2, 0.25) is 5.96 Å². The highest BCUT2D eigenvalue weighted by Crippen LogP contribution is 2.30. The molecule has 0 heterocycles. The van der Waals surface area contributed by atoms with Crippen LogP contribution in [0.2, 0.25) is 0 Å². The minimum atomic E-state index is 0.221. The van der Waals surface area contributed by atoms with Crippen molar-refractivity contribution in [3.63, 3.8) is 0 Å². The van der Waals surface area contributed by atoms with Gasteiger partial charge in [0.25, 0.3) is 0 Å². The highest BCUT2D eigenvalue weighted by molar-refractivity contribution is 5.80. The third-order valence-electron chi connectivity index (χ3n) is 2.51. The number of hydrogen-bond acceptors (Lipinski definition) is 2. The van der Waals surface area contributed by atoms with Crippen LogP contribution in [-0.2, 0) is 0 Å². The van der Waals surface area contributed by atoms with Gasteiger partial charge in [-0.15, -0.1) is 0 Å². The standard InChI is InChI=1S/C9H20N4/c1-3-7-11-8(13-10)12-9(2)5-4-6-9/h3-7,10H2,1-2H3,(H2,11,12,13).